The van der Waals surface area contributed by atoms with Crippen molar-refractivity contribution >= 4 is 32.4 Å². The van der Waals surface area contributed by atoms with E-state index < -0.39 is 0 Å². The summed E-state index contributed by atoms with van der Waals surface area (Å²) < 4.78 is 8.71. The summed E-state index contributed by atoms with van der Waals surface area (Å²) >= 11 is 1.61. The number of benzene rings is 2. The maximum absolute atomic E-state index is 12.8. The van der Waals surface area contributed by atoms with E-state index in [4.69, 9.17) is 9.72 Å². The largest absolute Gasteiger partial charge is 0.494 e. The molecule has 2 aromatic carbocycles. The lowest BCUT2D eigenvalue weighted by atomic mass is 9.86. The fourth-order valence-electron chi connectivity index (χ4n) is 4.45. The molecule has 2 heterocycles. The second-order valence-electron chi connectivity index (χ2n) is 8.36. The van der Waals surface area contributed by atoms with Crippen molar-refractivity contribution in [2.24, 2.45) is 5.92 Å². The second-order valence-corrected chi connectivity index (χ2v) is 9.37. The monoisotopic (exact) mass is 433 g/mol. The maximum atomic E-state index is 12.8. The van der Waals surface area contributed by atoms with Crippen molar-refractivity contribution < 1.29 is 9.53 Å². The summed E-state index contributed by atoms with van der Waals surface area (Å²) in [6, 6.07) is 14.3. The molecule has 4 aromatic rings. The Balaban J connectivity index is 1.39. The molecule has 2 aromatic heterocycles. The van der Waals surface area contributed by atoms with E-state index >= 15 is 0 Å². The Kier molecular flexibility index (Phi) is 5.40. The first-order valence-electron chi connectivity index (χ1n) is 11.1. The molecule has 0 aliphatic heterocycles. The number of nitrogens with zero attached hydrogens (tertiary/aromatic N) is 2. The minimum Gasteiger partial charge on any atom is -0.494 e. The van der Waals surface area contributed by atoms with Gasteiger partial charge in [-0.05, 0) is 68.1 Å². The van der Waals surface area contributed by atoms with E-state index in [1.165, 1.54) is 19.3 Å². The predicted octanol–water partition coefficient (Wildman–Crippen LogP) is 5.92. The summed E-state index contributed by atoms with van der Waals surface area (Å²) in [6.07, 6.45) is 6.81. The van der Waals surface area contributed by atoms with Crippen LogP contribution in [0.25, 0.3) is 26.4 Å². The Bertz CT molecular complexity index is 1230. The van der Waals surface area contributed by atoms with Crippen LogP contribution >= 0.6 is 11.3 Å². The number of hydrogen-bond donors (Lipinski definition) is 1. The number of nitrogens with one attached hydrogen (secondary N) is 1. The number of amides is 1. The summed E-state index contributed by atoms with van der Waals surface area (Å²) in [7, 11) is 0. The van der Waals surface area contributed by atoms with Gasteiger partial charge in [0.15, 0.2) is 4.96 Å². The molecule has 0 unspecified atom stereocenters. The van der Waals surface area contributed by atoms with Gasteiger partial charge >= 0.3 is 0 Å². The molecule has 1 aliphatic carbocycles. The normalized spacial score (nSPS) is 19.0. The van der Waals surface area contributed by atoms with Crippen LogP contribution in [0.4, 0.5) is 0 Å². The van der Waals surface area contributed by atoms with Gasteiger partial charge in [0.1, 0.15) is 5.75 Å². The smallest absolute Gasteiger partial charge is 0.251 e. The molecule has 5 nitrogen and oxygen atoms in total. The van der Waals surface area contributed by atoms with E-state index in [2.05, 4.69) is 22.8 Å². The van der Waals surface area contributed by atoms with E-state index in [9.17, 15) is 4.79 Å². The van der Waals surface area contributed by atoms with Crippen molar-refractivity contribution in [2.75, 3.05) is 6.61 Å². The van der Waals surface area contributed by atoms with Crippen molar-refractivity contribution in [1.82, 2.24) is 14.7 Å². The summed E-state index contributed by atoms with van der Waals surface area (Å²) in [4.78, 5) is 18.6. The zero-order valence-corrected chi connectivity index (χ0v) is 18.7. The number of thiazole rings is 1. The highest BCUT2D eigenvalue weighted by atomic mass is 32.1. The molecule has 1 aliphatic rings. The molecule has 1 N–H and O–H groups in total. The van der Waals surface area contributed by atoms with E-state index in [-0.39, 0.29) is 11.9 Å². The Hall–Kier alpha value is -2.86. The van der Waals surface area contributed by atoms with Gasteiger partial charge in [0, 0.05) is 23.4 Å². The molecule has 1 fully saturated rings. The maximum Gasteiger partial charge on any atom is 0.251 e. The Labute approximate surface area is 186 Å². The fraction of sp³-hybridized carbons (Fsp3) is 0.360. The number of ether oxygens (including phenoxy) is 1. The Morgan fingerprint density at radius 2 is 2.00 bits per heavy atom. The van der Waals surface area contributed by atoms with Crippen LogP contribution < -0.4 is 10.1 Å². The first kappa shape index (κ1) is 20.1. The summed E-state index contributed by atoms with van der Waals surface area (Å²) in [5.74, 6) is 1.44. The lowest BCUT2D eigenvalue weighted by molar-refractivity contribution is 0.0910. The predicted molar refractivity (Wildman–Crippen MR) is 126 cm³/mol. The first-order valence-corrected chi connectivity index (χ1v) is 11.9. The molecule has 31 heavy (non-hydrogen) atoms. The second kappa shape index (κ2) is 8.35. The van der Waals surface area contributed by atoms with E-state index in [1.54, 1.807) is 11.3 Å². The van der Waals surface area contributed by atoms with Crippen molar-refractivity contribution in [1.29, 1.82) is 0 Å². The summed E-state index contributed by atoms with van der Waals surface area (Å²) in [6.45, 7) is 4.88. The van der Waals surface area contributed by atoms with E-state index in [0.29, 0.717) is 12.5 Å². The van der Waals surface area contributed by atoms with Crippen LogP contribution in [-0.4, -0.2) is 27.9 Å². The number of imidazole rings is 1. The van der Waals surface area contributed by atoms with Gasteiger partial charge in [0.25, 0.3) is 5.91 Å². The summed E-state index contributed by atoms with van der Waals surface area (Å²) in [5, 5.41) is 3.25. The molecule has 0 spiro atoms. The fourth-order valence-corrected chi connectivity index (χ4v) is 5.50. The van der Waals surface area contributed by atoms with Gasteiger partial charge in [0.05, 0.1) is 22.5 Å². The van der Waals surface area contributed by atoms with Gasteiger partial charge in [-0.3, -0.25) is 9.20 Å². The zero-order chi connectivity index (χ0) is 21.4. The van der Waals surface area contributed by atoms with Crippen LogP contribution in [0.2, 0.25) is 0 Å². The first-order chi connectivity index (χ1) is 15.1. The van der Waals surface area contributed by atoms with Crippen LogP contribution in [0, 0.1) is 5.92 Å². The van der Waals surface area contributed by atoms with Crippen LogP contribution in [0.5, 0.6) is 5.75 Å². The van der Waals surface area contributed by atoms with Gasteiger partial charge in [-0.2, -0.15) is 0 Å². The van der Waals surface area contributed by atoms with Crippen molar-refractivity contribution in [2.45, 2.75) is 45.6 Å². The third-order valence-electron chi connectivity index (χ3n) is 6.25. The van der Waals surface area contributed by atoms with Crippen LogP contribution in [0.3, 0.4) is 0 Å². The minimum atomic E-state index is 0.0294. The quantitative estimate of drug-likeness (QED) is 0.425. The number of fused-ring (bicyclic) bond motifs is 3. The molecular weight excluding hydrogens is 406 g/mol. The average molecular weight is 434 g/mol. The Morgan fingerprint density at radius 3 is 2.77 bits per heavy atom. The number of hydrogen-bond acceptors (Lipinski definition) is 4. The molecule has 0 radical (unpaired) electrons. The third kappa shape index (κ3) is 3.92. The van der Waals surface area contributed by atoms with Gasteiger partial charge in [-0.15, -0.1) is 0 Å². The Morgan fingerprint density at radius 1 is 1.19 bits per heavy atom. The molecule has 0 saturated heterocycles. The standard InChI is InChI=1S/C25H27N3O2S/c1-3-30-19-11-8-17(9-12-19)21-15-28-22-13-10-18(14-23(22)31-25(28)27-21)24(29)26-20-7-5-4-6-16(20)2/h8-16,20H,3-7H2,1-2H3,(H,26,29)/t16-,20+/m1/s1. The number of aromatic nitrogens is 2. The molecule has 5 rings (SSSR count). The molecule has 1 amide bonds. The zero-order valence-electron chi connectivity index (χ0n) is 17.9. The average Bonchev–Trinajstić information content (AvgIpc) is 3.33. The van der Waals surface area contributed by atoms with Crippen molar-refractivity contribution in [3.05, 3.63) is 54.2 Å². The number of carbonyl (C=O) groups is 1. The van der Waals surface area contributed by atoms with Crippen molar-refractivity contribution in [3.8, 4) is 17.0 Å². The SMILES string of the molecule is CCOc1ccc(-c2cn3c(n2)sc2cc(C(=O)N[C@H]4CCCC[C@H]4C)ccc23)cc1. The molecule has 2 atom stereocenters. The van der Waals surface area contributed by atoms with Crippen LogP contribution in [0.15, 0.2) is 48.7 Å². The highest BCUT2D eigenvalue weighted by Gasteiger charge is 2.23. The van der Waals surface area contributed by atoms with Gasteiger partial charge in [-0.1, -0.05) is 31.1 Å². The van der Waals surface area contributed by atoms with Crippen molar-refractivity contribution in [3.63, 3.8) is 0 Å². The molecule has 6 heteroatoms. The number of rotatable bonds is 5. The topological polar surface area (TPSA) is 55.6 Å². The number of carbonyl (C=O) groups excluding carboxylic acids is 1. The lowest BCUT2D eigenvalue weighted by Crippen LogP contribution is -2.41. The highest BCUT2D eigenvalue weighted by molar-refractivity contribution is 7.23. The minimum absolute atomic E-state index is 0.0294. The molecule has 0 bridgehead atoms. The third-order valence-corrected chi connectivity index (χ3v) is 7.26. The van der Waals surface area contributed by atoms with Gasteiger partial charge < -0.3 is 10.1 Å². The van der Waals surface area contributed by atoms with Crippen LogP contribution in [0.1, 0.15) is 49.9 Å². The molecule has 1 saturated carbocycles. The lowest BCUT2D eigenvalue weighted by Gasteiger charge is -2.29. The van der Waals surface area contributed by atoms with Crippen LogP contribution in [-0.2, 0) is 0 Å². The highest BCUT2D eigenvalue weighted by Crippen LogP contribution is 2.31. The van der Waals surface area contributed by atoms with E-state index in [1.807, 2.05) is 49.4 Å². The van der Waals surface area contributed by atoms with E-state index in [0.717, 1.165) is 44.2 Å². The molecular formula is C25H27N3O2S. The summed E-state index contributed by atoms with van der Waals surface area (Å²) in [5.41, 5.74) is 3.79. The molecule has 160 valence electrons. The van der Waals surface area contributed by atoms with Gasteiger partial charge in [0.2, 0.25) is 0 Å². The van der Waals surface area contributed by atoms with Gasteiger partial charge in [-0.25, -0.2) is 4.98 Å².